The van der Waals surface area contributed by atoms with Gasteiger partial charge in [0.25, 0.3) is 0 Å². The highest BCUT2D eigenvalue weighted by molar-refractivity contribution is 5.96. The Hall–Kier alpha value is -0.530. The molecule has 0 aromatic carbocycles. The molecule has 0 bridgehead atoms. The molecule has 0 aliphatic carbocycles. The van der Waals surface area contributed by atoms with Gasteiger partial charge in [-0.15, -0.1) is 0 Å². The lowest BCUT2D eigenvalue weighted by molar-refractivity contribution is -0.113. The van der Waals surface area contributed by atoms with Gasteiger partial charge < -0.3 is 4.90 Å². The van der Waals surface area contributed by atoms with Crippen molar-refractivity contribution in [2.75, 3.05) is 6.54 Å². The van der Waals surface area contributed by atoms with Crippen molar-refractivity contribution in [2.24, 2.45) is 0 Å². The summed E-state index contributed by atoms with van der Waals surface area (Å²) in [5.74, 6) is 0.391. The number of carbonyl (C=O) groups is 1. The molecule has 8 heavy (non-hydrogen) atoms. The van der Waals surface area contributed by atoms with Crippen molar-refractivity contribution in [1.82, 2.24) is 4.90 Å². The Morgan fingerprint density at radius 3 is 2.88 bits per heavy atom. The first kappa shape index (κ1) is 4.36. The lowest BCUT2D eigenvalue weighted by Crippen LogP contribution is -2.09. The molecule has 0 unspecified atom stereocenters. The Labute approximate surface area is 48.5 Å². The molecule has 1 amide bonds. The van der Waals surface area contributed by atoms with Crippen LogP contribution in [0, 0.1) is 0 Å². The molecule has 2 aliphatic rings. The lowest BCUT2D eigenvalue weighted by atomic mass is 10.1. The summed E-state index contributed by atoms with van der Waals surface area (Å²) in [6, 6.07) is 0.365. The highest BCUT2D eigenvalue weighted by Crippen LogP contribution is 2.29. The summed E-state index contributed by atoms with van der Waals surface area (Å²) in [5.41, 5.74) is 0. The number of hydrogen-bond donors (Lipinski definition) is 0. The van der Waals surface area contributed by atoms with Crippen molar-refractivity contribution in [2.45, 2.75) is 25.3 Å². The monoisotopic (exact) mass is 111 g/mol. The molecule has 0 saturated carbocycles. The third kappa shape index (κ3) is 0.403. The summed E-state index contributed by atoms with van der Waals surface area (Å²) >= 11 is 0. The van der Waals surface area contributed by atoms with Crippen LogP contribution in [0.25, 0.3) is 0 Å². The van der Waals surface area contributed by atoms with Crippen LogP contribution in [0.5, 0.6) is 0 Å². The Morgan fingerprint density at radius 1 is 1.50 bits per heavy atom. The van der Waals surface area contributed by atoms with Gasteiger partial charge in [0.15, 0.2) is 0 Å². The van der Waals surface area contributed by atoms with Gasteiger partial charge in [-0.05, 0) is 19.3 Å². The van der Waals surface area contributed by atoms with E-state index in [0.717, 1.165) is 13.0 Å². The summed E-state index contributed by atoms with van der Waals surface area (Å²) in [7, 11) is 0. The molecule has 2 fully saturated rings. The first-order valence-corrected chi connectivity index (χ1v) is 3.20. The predicted molar refractivity (Wildman–Crippen MR) is 29.4 cm³/mol. The normalized spacial score (nSPS) is 34.8. The number of carbonyl (C=O) groups excluding carboxylic acids is 1. The van der Waals surface area contributed by atoms with Crippen molar-refractivity contribution >= 4 is 5.91 Å². The van der Waals surface area contributed by atoms with Gasteiger partial charge in [-0.3, -0.25) is 4.79 Å². The van der Waals surface area contributed by atoms with Gasteiger partial charge in [0.05, 0.1) is 0 Å². The van der Waals surface area contributed by atoms with Crippen LogP contribution < -0.4 is 0 Å². The van der Waals surface area contributed by atoms with Crippen LogP contribution >= 0.6 is 0 Å². The zero-order chi connectivity index (χ0) is 5.56. The molecular weight excluding hydrogens is 102 g/mol. The molecule has 2 nitrogen and oxygen atoms in total. The van der Waals surface area contributed by atoms with Gasteiger partial charge in [0, 0.05) is 6.54 Å². The van der Waals surface area contributed by atoms with Crippen molar-refractivity contribution < 1.29 is 4.79 Å². The minimum absolute atomic E-state index is 0.365. The highest BCUT2D eigenvalue weighted by Gasteiger charge is 2.46. The summed E-state index contributed by atoms with van der Waals surface area (Å²) in [6.45, 7) is 1.03. The molecular formula is C6H9NO. The van der Waals surface area contributed by atoms with E-state index in [1.165, 1.54) is 12.8 Å². The summed E-state index contributed by atoms with van der Waals surface area (Å²) in [5, 5.41) is 0. The highest BCUT2D eigenvalue weighted by atomic mass is 16.2. The topological polar surface area (TPSA) is 20.1 Å². The maximum atomic E-state index is 10.6. The van der Waals surface area contributed by atoms with Crippen LogP contribution in [0.15, 0.2) is 0 Å². The van der Waals surface area contributed by atoms with Crippen molar-refractivity contribution in [3.8, 4) is 0 Å². The molecule has 0 aromatic heterocycles. The zero-order valence-electron chi connectivity index (χ0n) is 4.76. The van der Waals surface area contributed by atoms with E-state index in [0.29, 0.717) is 11.9 Å². The average molecular weight is 111 g/mol. The van der Waals surface area contributed by atoms with Crippen molar-refractivity contribution in [3.05, 3.63) is 0 Å². The number of amides is 1. The van der Waals surface area contributed by atoms with Crippen molar-refractivity contribution in [1.29, 1.82) is 0 Å². The molecule has 0 radical (unpaired) electrons. The quantitative estimate of drug-likeness (QED) is 0.414. The van der Waals surface area contributed by atoms with Crippen LogP contribution in [-0.2, 0) is 4.79 Å². The molecule has 2 heterocycles. The molecule has 0 spiro atoms. The number of fused-ring (bicyclic) bond motifs is 1. The van der Waals surface area contributed by atoms with Crippen LogP contribution in [-0.4, -0.2) is 23.4 Å². The number of rotatable bonds is 0. The second-order valence-corrected chi connectivity index (χ2v) is 2.54. The van der Waals surface area contributed by atoms with E-state index in [4.69, 9.17) is 0 Å². The summed E-state index contributed by atoms with van der Waals surface area (Å²) in [6.07, 6.45) is 3.61. The van der Waals surface area contributed by atoms with Gasteiger partial charge >= 0.3 is 0 Å². The first-order valence-electron chi connectivity index (χ1n) is 3.20. The SMILES string of the molecule is O=C1[C@@H]2CCCCN12. The molecule has 44 valence electrons. The van der Waals surface area contributed by atoms with Gasteiger partial charge in [0.1, 0.15) is 6.04 Å². The molecule has 2 saturated heterocycles. The van der Waals surface area contributed by atoms with Crippen LogP contribution in [0.1, 0.15) is 19.3 Å². The fourth-order valence-corrected chi connectivity index (χ4v) is 1.42. The Kier molecular flexibility index (Phi) is 0.678. The maximum Gasteiger partial charge on any atom is 0.246 e. The fraction of sp³-hybridized carbons (Fsp3) is 0.833. The zero-order valence-corrected chi connectivity index (χ0v) is 4.76. The minimum Gasteiger partial charge on any atom is -0.329 e. The van der Waals surface area contributed by atoms with Gasteiger partial charge in [0.2, 0.25) is 5.91 Å². The molecule has 2 rings (SSSR count). The molecule has 0 N–H and O–H groups in total. The van der Waals surface area contributed by atoms with E-state index in [-0.39, 0.29) is 0 Å². The Morgan fingerprint density at radius 2 is 2.38 bits per heavy atom. The Bertz CT molecular complexity index is 118. The van der Waals surface area contributed by atoms with Crippen LogP contribution in [0.2, 0.25) is 0 Å². The smallest absolute Gasteiger partial charge is 0.246 e. The van der Waals surface area contributed by atoms with Crippen LogP contribution in [0.3, 0.4) is 0 Å². The number of hydrogen-bond acceptors (Lipinski definition) is 1. The van der Waals surface area contributed by atoms with E-state index in [9.17, 15) is 4.79 Å². The van der Waals surface area contributed by atoms with Gasteiger partial charge in [-0.25, -0.2) is 0 Å². The minimum atomic E-state index is 0.365. The molecule has 0 aromatic rings. The number of nitrogens with zero attached hydrogens (tertiary/aromatic N) is 1. The van der Waals surface area contributed by atoms with Gasteiger partial charge in [-0.1, -0.05) is 0 Å². The summed E-state index contributed by atoms with van der Waals surface area (Å²) < 4.78 is 0. The van der Waals surface area contributed by atoms with Crippen molar-refractivity contribution in [3.63, 3.8) is 0 Å². The van der Waals surface area contributed by atoms with E-state index in [2.05, 4.69) is 0 Å². The van der Waals surface area contributed by atoms with Crippen LogP contribution in [0.4, 0.5) is 0 Å². The maximum absolute atomic E-state index is 10.6. The molecule has 2 aliphatic heterocycles. The third-order valence-electron chi connectivity index (χ3n) is 2.00. The average Bonchev–Trinajstić information content (AvgIpc) is 2.46. The third-order valence-corrected chi connectivity index (χ3v) is 2.00. The second-order valence-electron chi connectivity index (χ2n) is 2.54. The molecule has 2 heteroatoms. The summed E-state index contributed by atoms with van der Waals surface area (Å²) in [4.78, 5) is 12.6. The fourth-order valence-electron chi connectivity index (χ4n) is 1.42. The molecule has 1 atom stereocenters. The first-order chi connectivity index (χ1) is 3.89. The predicted octanol–water partition coefficient (Wildman–Crippen LogP) is 0.381. The Balaban J connectivity index is 2.07. The van der Waals surface area contributed by atoms with E-state index in [1.807, 2.05) is 4.90 Å². The van der Waals surface area contributed by atoms with E-state index >= 15 is 0 Å². The van der Waals surface area contributed by atoms with Gasteiger partial charge in [-0.2, -0.15) is 0 Å². The number of piperidine rings is 1. The lowest BCUT2D eigenvalue weighted by Gasteiger charge is -2.06. The second kappa shape index (κ2) is 1.24. The van der Waals surface area contributed by atoms with E-state index < -0.39 is 0 Å². The largest absolute Gasteiger partial charge is 0.329 e. The standard InChI is InChI=1S/C6H9NO/c8-6-5-3-1-2-4-7(5)6/h5H,1-4H2/t5-,7?/m0/s1. The van der Waals surface area contributed by atoms with E-state index in [1.54, 1.807) is 0 Å².